The number of ketones is 1. The molecule has 0 aliphatic heterocycles. The van der Waals surface area contributed by atoms with E-state index in [1.54, 1.807) is 42.6 Å². The maximum atomic E-state index is 11.2. The molecule has 0 amide bonds. The van der Waals surface area contributed by atoms with Gasteiger partial charge in [-0.05, 0) is 30.3 Å². The number of rotatable bonds is 3. The average Bonchev–Trinajstić information content (AvgIpc) is 2.32. The van der Waals surface area contributed by atoms with Gasteiger partial charge in [-0.15, -0.1) is 0 Å². The van der Waals surface area contributed by atoms with Crippen LogP contribution in [0.2, 0.25) is 0 Å². The van der Waals surface area contributed by atoms with Crippen molar-refractivity contribution in [2.75, 3.05) is 5.73 Å². The van der Waals surface area contributed by atoms with Crippen molar-refractivity contribution in [1.29, 1.82) is 0 Å². The van der Waals surface area contributed by atoms with Crippen molar-refractivity contribution in [1.82, 2.24) is 4.98 Å². The molecule has 0 aliphatic carbocycles. The van der Waals surface area contributed by atoms with Crippen molar-refractivity contribution in [2.45, 2.75) is 6.92 Å². The van der Waals surface area contributed by atoms with Crippen LogP contribution in [0.15, 0.2) is 42.6 Å². The molecule has 4 nitrogen and oxygen atoms in total. The van der Waals surface area contributed by atoms with Gasteiger partial charge in [-0.1, -0.05) is 0 Å². The van der Waals surface area contributed by atoms with E-state index < -0.39 is 0 Å². The van der Waals surface area contributed by atoms with Gasteiger partial charge in [0.25, 0.3) is 0 Å². The highest BCUT2D eigenvalue weighted by molar-refractivity contribution is 5.92. The number of benzene rings is 1. The van der Waals surface area contributed by atoms with Crippen LogP contribution in [0.25, 0.3) is 0 Å². The van der Waals surface area contributed by atoms with Gasteiger partial charge in [0, 0.05) is 24.9 Å². The molecule has 0 atom stereocenters. The van der Waals surface area contributed by atoms with E-state index in [0.29, 0.717) is 22.9 Å². The summed E-state index contributed by atoms with van der Waals surface area (Å²) in [5, 5.41) is 0. The molecular weight excluding hydrogens is 216 g/mol. The summed E-state index contributed by atoms with van der Waals surface area (Å²) in [6.45, 7) is 1.47. The molecule has 0 spiro atoms. The molecule has 0 saturated carbocycles. The molecule has 0 unspecified atom stereocenters. The van der Waals surface area contributed by atoms with Crippen LogP contribution >= 0.6 is 0 Å². The van der Waals surface area contributed by atoms with E-state index in [9.17, 15) is 4.79 Å². The van der Waals surface area contributed by atoms with Gasteiger partial charge in [0.1, 0.15) is 17.2 Å². The van der Waals surface area contributed by atoms with Crippen LogP contribution in [0.1, 0.15) is 17.4 Å². The van der Waals surface area contributed by atoms with Crippen LogP contribution < -0.4 is 10.5 Å². The number of nitrogens with two attached hydrogens (primary N) is 1. The average molecular weight is 228 g/mol. The molecule has 86 valence electrons. The second kappa shape index (κ2) is 4.65. The molecule has 2 aromatic rings. The second-order valence-corrected chi connectivity index (χ2v) is 3.60. The van der Waals surface area contributed by atoms with Crippen LogP contribution in [0.3, 0.4) is 0 Å². The van der Waals surface area contributed by atoms with E-state index in [4.69, 9.17) is 10.5 Å². The number of nitrogen functional groups attached to an aromatic ring is 1. The summed E-state index contributed by atoms with van der Waals surface area (Å²) in [7, 11) is 0. The lowest BCUT2D eigenvalue weighted by Crippen LogP contribution is -1.96. The minimum Gasteiger partial charge on any atom is -0.457 e. The summed E-state index contributed by atoms with van der Waals surface area (Å²) < 4.78 is 5.58. The smallest absolute Gasteiger partial charge is 0.178 e. The van der Waals surface area contributed by atoms with Crippen LogP contribution in [0, 0.1) is 0 Å². The van der Waals surface area contributed by atoms with Crippen LogP contribution in [-0.2, 0) is 0 Å². The number of carbonyl (C=O) groups is 1. The van der Waals surface area contributed by atoms with Crippen molar-refractivity contribution in [2.24, 2.45) is 0 Å². The third kappa shape index (κ3) is 2.81. The number of carbonyl (C=O) groups excluding carboxylic acids is 1. The minimum absolute atomic E-state index is 0.0900. The van der Waals surface area contributed by atoms with Crippen LogP contribution in [-0.4, -0.2) is 10.8 Å². The largest absolute Gasteiger partial charge is 0.457 e. The van der Waals surface area contributed by atoms with Crippen molar-refractivity contribution in [3.05, 3.63) is 48.3 Å². The molecule has 0 saturated heterocycles. The Morgan fingerprint density at radius 1 is 1.18 bits per heavy atom. The quantitative estimate of drug-likeness (QED) is 0.647. The zero-order valence-electron chi connectivity index (χ0n) is 9.38. The molecule has 4 heteroatoms. The molecule has 1 aromatic heterocycles. The van der Waals surface area contributed by atoms with Crippen LogP contribution in [0.5, 0.6) is 11.5 Å². The first-order chi connectivity index (χ1) is 8.15. The number of Topliss-reactive ketones (excluding diaryl/α,β-unsaturated/α-hetero) is 1. The van der Waals surface area contributed by atoms with Gasteiger partial charge in [0.2, 0.25) is 0 Å². The Hall–Kier alpha value is -2.36. The number of anilines is 1. The summed E-state index contributed by atoms with van der Waals surface area (Å²) in [6, 6.07) is 10.3. The monoisotopic (exact) mass is 228 g/mol. The maximum absolute atomic E-state index is 11.2. The van der Waals surface area contributed by atoms with Gasteiger partial charge >= 0.3 is 0 Å². The Bertz CT molecular complexity index is 535. The molecular formula is C13H12N2O2. The molecule has 17 heavy (non-hydrogen) atoms. The van der Waals surface area contributed by atoms with E-state index >= 15 is 0 Å². The Morgan fingerprint density at radius 2 is 1.88 bits per heavy atom. The molecule has 2 rings (SSSR count). The maximum Gasteiger partial charge on any atom is 0.178 e. The third-order valence-corrected chi connectivity index (χ3v) is 2.21. The highest BCUT2D eigenvalue weighted by Crippen LogP contribution is 2.22. The summed E-state index contributed by atoms with van der Waals surface area (Å²) in [5.74, 6) is 1.16. The number of ether oxygens (including phenoxy) is 1. The summed E-state index contributed by atoms with van der Waals surface area (Å²) >= 11 is 0. The Morgan fingerprint density at radius 3 is 2.53 bits per heavy atom. The Labute approximate surface area is 99.1 Å². The van der Waals surface area contributed by atoms with Gasteiger partial charge in [-0.25, -0.2) is 0 Å². The predicted molar refractivity (Wildman–Crippen MR) is 65.2 cm³/mol. The lowest BCUT2D eigenvalue weighted by atomic mass is 10.2. The van der Waals surface area contributed by atoms with Gasteiger partial charge in [0.05, 0.1) is 0 Å². The highest BCUT2D eigenvalue weighted by Gasteiger charge is 2.03. The zero-order valence-corrected chi connectivity index (χ0v) is 9.38. The fourth-order valence-corrected chi connectivity index (χ4v) is 1.34. The first-order valence-electron chi connectivity index (χ1n) is 5.15. The van der Waals surface area contributed by atoms with E-state index in [0.717, 1.165) is 0 Å². The molecule has 0 fully saturated rings. The highest BCUT2D eigenvalue weighted by atomic mass is 16.5. The van der Waals surface area contributed by atoms with Crippen molar-refractivity contribution in [3.8, 4) is 11.5 Å². The lowest BCUT2D eigenvalue weighted by molar-refractivity contribution is 0.101. The topological polar surface area (TPSA) is 65.2 Å². The fraction of sp³-hybridized carbons (Fsp3) is 0.0769. The van der Waals surface area contributed by atoms with Crippen molar-refractivity contribution >= 4 is 11.5 Å². The Kier molecular flexibility index (Phi) is 3.05. The predicted octanol–water partition coefficient (Wildman–Crippen LogP) is 2.66. The first-order valence-corrected chi connectivity index (χ1v) is 5.15. The van der Waals surface area contributed by atoms with Gasteiger partial charge < -0.3 is 10.5 Å². The normalized spacial score (nSPS) is 9.94. The summed E-state index contributed by atoms with van der Waals surface area (Å²) in [5.41, 5.74) is 6.64. The van der Waals surface area contributed by atoms with Crippen molar-refractivity contribution < 1.29 is 9.53 Å². The molecule has 2 N–H and O–H groups in total. The number of hydrogen-bond donors (Lipinski definition) is 1. The molecule has 1 aromatic carbocycles. The fourth-order valence-electron chi connectivity index (χ4n) is 1.34. The summed E-state index contributed by atoms with van der Waals surface area (Å²) in [6.07, 6.45) is 1.55. The van der Waals surface area contributed by atoms with E-state index in [2.05, 4.69) is 4.98 Å². The molecule has 0 bridgehead atoms. The lowest BCUT2D eigenvalue weighted by Gasteiger charge is -2.06. The first kappa shape index (κ1) is 11.1. The molecule has 0 aliphatic rings. The van der Waals surface area contributed by atoms with E-state index in [1.165, 1.54) is 6.92 Å². The number of nitrogens with zero attached hydrogens (tertiary/aromatic N) is 1. The number of aromatic nitrogens is 1. The molecule has 0 radical (unpaired) electrons. The minimum atomic E-state index is -0.0900. The van der Waals surface area contributed by atoms with E-state index in [-0.39, 0.29) is 5.78 Å². The SMILES string of the molecule is CC(=O)c1cc(Oc2ccc(N)cc2)ccn1. The second-order valence-electron chi connectivity index (χ2n) is 3.60. The van der Waals surface area contributed by atoms with Crippen molar-refractivity contribution in [3.63, 3.8) is 0 Å². The number of pyridine rings is 1. The third-order valence-electron chi connectivity index (χ3n) is 2.21. The van der Waals surface area contributed by atoms with E-state index in [1.807, 2.05) is 0 Å². The van der Waals surface area contributed by atoms with Gasteiger partial charge in [0.15, 0.2) is 5.78 Å². The Balaban J connectivity index is 2.21. The van der Waals surface area contributed by atoms with Gasteiger partial charge in [-0.2, -0.15) is 0 Å². The van der Waals surface area contributed by atoms with Crippen LogP contribution in [0.4, 0.5) is 5.69 Å². The number of hydrogen-bond acceptors (Lipinski definition) is 4. The summed E-state index contributed by atoms with van der Waals surface area (Å²) in [4.78, 5) is 15.1. The van der Waals surface area contributed by atoms with Gasteiger partial charge in [-0.3, -0.25) is 9.78 Å². The molecule has 1 heterocycles. The zero-order chi connectivity index (χ0) is 12.3. The standard InChI is InChI=1S/C13H12N2O2/c1-9(16)13-8-12(6-7-15-13)17-11-4-2-10(14)3-5-11/h2-8H,14H2,1H3.